The van der Waals surface area contributed by atoms with Crippen LogP contribution in [0.15, 0.2) is 24.3 Å². The first-order valence-corrected chi connectivity index (χ1v) is 7.05. The average molecular weight is 234 g/mol. The second-order valence-electron chi connectivity index (χ2n) is 4.85. The summed E-state index contributed by atoms with van der Waals surface area (Å²) in [4.78, 5) is 0. The highest BCUT2D eigenvalue weighted by atomic mass is 16.3. The number of rotatable bonds is 9. The molecule has 0 atom stereocenters. The lowest BCUT2D eigenvalue weighted by atomic mass is 10.0. The molecule has 1 N–H and O–H groups in total. The molecule has 0 aliphatic heterocycles. The lowest BCUT2D eigenvalue weighted by Crippen LogP contribution is -1.89. The Kier molecular flexibility index (Phi) is 7.74. The molecule has 0 heterocycles. The molecule has 1 aromatic rings. The maximum atomic E-state index is 9.05. The minimum absolute atomic E-state index is 0.158. The molecule has 0 aliphatic carbocycles. The smallest absolute Gasteiger partial charge is 0.0681 e. The molecule has 17 heavy (non-hydrogen) atoms. The average Bonchev–Trinajstić information content (AvgIpc) is 2.38. The minimum atomic E-state index is 0.158. The lowest BCUT2D eigenvalue weighted by Gasteiger charge is -2.04. The molecule has 0 aliphatic rings. The first-order valence-electron chi connectivity index (χ1n) is 7.05. The van der Waals surface area contributed by atoms with Crippen molar-refractivity contribution in [1.82, 2.24) is 0 Å². The van der Waals surface area contributed by atoms with Crippen LogP contribution in [-0.2, 0) is 13.0 Å². The van der Waals surface area contributed by atoms with Crippen molar-refractivity contribution in [3.8, 4) is 0 Å². The molecule has 0 unspecified atom stereocenters. The van der Waals surface area contributed by atoms with Crippen LogP contribution >= 0.6 is 0 Å². The zero-order valence-corrected chi connectivity index (χ0v) is 11.1. The van der Waals surface area contributed by atoms with Crippen LogP contribution in [-0.4, -0.2) is 5.11 Å². The van der Waals surface area contributed by atoms with Gasteiger partial charge in [-0.3, -0.25) is 0 Å². The molecule has 1 aromatic carbocycles. The first kappa shape index (κ1) is 14.2. The third-order valence-corrected chi connectivity index (χ3v) is 3.24. The quantitative estimate of drug-likeness (QED) is 0.625. The first-order chi connectivity index (χ1) is 8.36. The van der Waals surface area contributed by atoms with Crippen molar-refractivity contribution in [2.45, 2.75) is 64.9 Å². The zero-order valence-electron chi connectivity index (χ0n) is 11.1. The van der Waals surface area contributed by atoms with Gasteiger partial charge < -0.3 is 5.11 Å². The minimum Gasteiger partial charge on any atom is -0.392 e. The molecule has 0 radical (unpaired) electrons. The summed E-state index contributed by atoms with van der Waals surface area (Å²) < 4.78 is 0. The Morgan fingerprint density at radius 1 is 0.882 bits per heavy atom. The van der Waals surface area contributed by atoms with Crippen LogP contribution in [0.3, 0.4) is 0 Å². The molecule has 1 heteroatoms. The van der Waals surface area contributed by atoms with E-state index in [1.54, 1.807) is 0 Å². The monoisotopic (exact) mass is 234 g/mol. The van der Waals surface area contributed by atoms with Crippen molar-refractivity contribution in [3.63, 3.8) is 0 Å². The van der Waals surface area contributed by atoms with E-state index in [9.17, 15) is 0 Å². The van der Waals surface area contributed by atoms with E-state index in [1.165, 1.54) is 50.5 Å². The Balaban J connectivity index is 2.09. The van der Waals surface area contributed by atoms with Crippen LogP contribution in [0.4, 0.5) is 0 Å². The second kappa shape index (κ2) is 9.23. The van der Waals surface area contributed by atoms with Gasteiger partial charge in [0.15, 0.2) is 0 Å². The Bertz CT molecular complexity index is 293. The van der Waals surface area contributed by atoms with E-state index >= 15 is 0 Å². The standard InChI is InChI=1S/C16H26O/c1-2-3-4-5-6-7-8-10-15-11-9-12-16(13-15)14-17/h9,11-13,17H,2-8,10,14H2,1H3. The molecule has 0 saturated carbocycles. The van der Waals surface area contributed by atoms with Gasteiger partial charge in [-0.1, -0.05) is 69.7 Å². The fourth-order valence-electron chi connectivity index (χ4n) is 2.17. The molecule has 0 spiro atoms. The number of aryl methyl sites for hydroxylation is 1. The second-order valence-corrected chi connectivity index (χ2v) is 4.85. The molecule has 1 nitrogen and oxygen atoms in total. The van der Waals surface area contributed by atoms with Gasteiger partial charge in [0.05, 0.1) is 6.61 Å². The van der Waals surface area contributed by atoms with Gasteiger partial charge in [0.25, 0.3) is 0 Å². The van der Waals surface area contributed by atoms with Crippen molar-refractivity contribution < 1.29 is 5.11 Å². The van der Waals surface area contributed by atoms with E-state index in [2.05, 4.69) is 19.1 Å². The van der Waals surface area contributed by atoms with E-state index in [-0.39, 0.29) is 6.61 Å². The summed E-state index contributed by atoms with van der Waals surface area (Å²) in [5.74, 6) is 0. The van der Waals surface area contributed by atoms with E-state index in [4.69, 9.17) is 5.11 Å². The highest BCUT2D eigenvalue weighted by Crippen LogP contribution is 2.12. The zero-order chi connectivity index (χ0) is 12.3. The summed E-state index contributed by atoms with van der Waals surface area (Å²) >= 11 is 0. The highest BCUT2D eigenvalue weighted by Gasteiger charge is 1.96. The van der Waals surface area contributed by atoms with Crippen molar-refractivity contribution in [1.29, 1.82) is 0 Å². The van der Waals surface area contributed by atoms with Crippen LogP contribution in [0.5, 0.6) is 0 Å². The molecule has 0 saturated heterocycles. The predicted octanol–water partition coefficient (Wildman–Crippen LogP) is 4.47. The van der Waals surface area contributed by atoms with E-state index in [0.29, 0.717) is 0 Å². The molecule has 96 valence electrons. The fourth-order valence-corrected chi connectivity index (χ4v) is 2.17. The van der Waals surface area contributed by atoms with Gasteiger partial charge in [-0.05, 0) is 24.0 Å². The van der Waals surface area contributed by atoms with E-state index < -0.39 is 0 Å². The summed E-state index contributed by atoms with van der Waals surface area (Å²) in [7, 11) is 0. The Hall–Kier alpha value is -0.820. The molecule has 0 fully saturated rings. The lowest BCUT2D eigenvalue weighted by molar-refractivity contribution is 0.281. The van der Waals surface area contributed by atoms with Crippen molar-refractivity contribution >= 4 is 0 Å². The van der Waals surface area contributed by atoms with Crippen molar-refractivity contribution in [3.05, 3.63) is 35.4 Å². The third kappa shape index (κ3) is 6.48. The number of unbranched alkanes of at least 4 members (excludes halogenated alkanes) is 6. The van der Waals surface area contributed by atoms with Gasteiger partial charge >= 0.3 is 0 Å². The van der Waals surface area contributed by atoms with Crippen LogP contribution in [0.1, 0.15) is 63.0 Å². The normalized spacial score (nSPS) is 10.7. The Morgan fingerprint density at radius 2 is 1.53 bits per heavy atom. The number of aliphatic hydroxyl groups excluding tert-OH is 1. The third-order valence-electron chi connectivity index (χ3n) is 3.24. The van der Waals surface area contributed by atoms with Gasteiger partial charge in [0.1, 0.15) is 0 Å². The predicted molar refractivity (Wildman–Crippen MR) is 74.1 cm³/mol. The summed E-state index contributed by atoms with van der Waals surface area (Å²) in [5, 5.41) is 9.05. The molecule has 0 aromatic heterocycles. The SMILES string of the molecule is CCCCCCCCCc1cccc(CO)c1. The van der Waals surface area contributed by atoms with Gasteiger partial charge in [-0.2, -0.15) is 0 Å². The maximum Gasteiger partial charge on any atom is 0.0681 e. The van der Waals surface area contributed by atoms with Crippen molar-refractivity contribution in [2.24, 2.45) is 0 Å². The summed E-state index contributed by atoms with van der Waals surface area (Å²) in [5.41, 5.74) is 2.40. The summed E-state index contributed by atoms with van der Waals surface area (Å²) in [6, 6.07) is 8.31. The summed E-state index contributed by atoms with van der Waals surface area (Å²) in [6.45, 7) is 2.42. The maximum absolute atomic E-state index is 9.05. The van der Waals surface area contributed by atoms with E-state index in [1.807, 2.05) is 12.1 Å². The van der Waals surface area contributed by atoms with Gasteiger partial charge in [-0.25, -0.2) is 0 Å². The molecular formula is C16H26O. The Labute approximate surface area is 106 Å². The van der Waals surface area contributed by atoms with Gasteiger partial charge in [0, 0.05) is 0 Å². The Morgan fingerprint density at radius 3 is 2.24 bits per heavy atom. The molecule has 0 amide bonds. The van der Waals surface area contributed by atoms with Crippen molar-refractivity contribution in [2.75, 3.05) is 0 Å². The van der Waals surface area contributed by atoms with Crippen LogP contribution in [0, 0.1) is 0 Å². The van der Waals surface area contributed by atoms with Crippen LogP contribution in [0.25, 0.3) is 0 Å². The molecular weight excluding hydrogens is 208 g/mol. The highest BCUT2D eigenvalue weighted by molar-refractivity contribution is 5.22. The number of aliphatic hydroxyl groups is 1. The number of benzene rings is 1. The summed E-state index contributed by atoms with van der Waals surface area (Å²) in [6.07, 6.45) is 10.7. The van der Waals surface area contributed by atoms with Gasteiger partial charge in [-0.15, -0.1) is 0 Å². The fraction of sp³-hybridized carbons (Fsp3) is 0.625. The van der Waals surface area contributed by atoms with Crippen LogP contribution < -0.4 is 0 Å². The van der Waals surface area contributed by atoms with Gasteiger partial charge in [0.2, 0.25) is 0 Å². The van der Waals surface area contributed by atoms with Crippen LogP contribution in [0.2, 0.25) is 0 Å². The largest absolute Gasteiger partial charge is 0.392 e. The number of hydrogen-bond donors (Lipinski definition) is 1. The molecule has 0 bridgehead atoms. The molecule has 1 rings (SSSR count). The topological polar surface area (TPSA) is 20.2 Å². The van der Waals surface area contributed by atoms with E-state index in [0.717, 1.165) is 12.0 Å². The number of hydrogen-bond acceptors (Lipinski definition) is 1.